The van der Waals surface area contributed by atoms with Gasteiger partial charge in [-0.2, -0.15) is 0 Å². The van der Waals surface area contributed by atoms with Crippen molar-refractivity contribution in [1.29, 1.82) is 0 Å². The van der Waals surface area contributed by atoms with Crippen LogP contribution in [0.5, 0.6) is 5.75 Å². The van der Waals surface area contributed by atoms with Crippen LogP contribution < -0.4 is 4.74 Å². The lowest BCUT2D eigenvalue weighted by Gasteiger charge is -2.33. The van der Waals surface area contributed by atoms with E-state index in [2.05, 4.69) is 0 Å². The monoisotopic (exact) mass is 382 g/mol. The first-order valence-corrected chi connectivity index (χ1v) is 9.03. The minimum atomic E-state index is -0.463. The molecule has 0 bridgehead atoms. The van der Waals surface area contributed by atoms with Gasteiger partial charge >= 0.3 is 0 Å². The fourth-order valence-electron chi connectivity index (χ4n) is 3.40. The molecule has 1 atom stereocenters. The minimum Gasteiger partial charge on any atom is -0.494 e. The Hall–Kier alpha value is -3.15. The van der Waals surface area contributed by atoms with Gasteiger partial charge in [-0.05, 0) is 34.9 Å². The van der Waals surface area contributed by atoms with Crippen LogP contribution in [0.25, 0.3) is 6.08 Å². The van der Waals surface area contributed by atoms with Gasteiger partial charge in [0.05, 0.1) is 19.6 Å². The normalized spacial score (nSPS) is 15.1. The summed E-state index contributed by atoms with van der Waals surface area (Å²) in [6, 6.07) is 12.0. The van der Waals surface area contributed by atoms with E-state index in [0.29, 0.717) is 5.56 Å². The summed E-state index contributed by atoms with van der Waals surface area (Å²) in [4.78, 5) is 28.0. The quantitative estimate of drug-likeness (QED) is 0.791. The van der Waals surface area contributed by atoms with Crippen molar-refractivity contribution < 1.29 is 18.7 Å². The van der Waals surface area contributed by atoms with E-state index in [4.69, 9.17) is 4.74 Å². The molecule has 6 heteroatoms. The molecule has 1 heterocycles. The number of ether oxygens (including phenoxy) is 1. The van der Waals surface area contributed by atoms with E-state index in [0.717, 1.165) is 11.1 Å². The highest BCUT2D eigenvalue weighted by Gasteiger charge is 2.29. The molecule has 0 radical (unpaired) electrons. The van der Waals surface area contributed by atoms with Crippen molar-refractivity contribution in [3.63, 3.8) is 0 Å². The number of fused-ring (bicyclic) bond motifs is 1. The highest BCUT2D eigenvalue weighted by atomic mass is 19.1. The SMILES string of the molecule is COc1ccc(CN(C)C(=O)C[C@H]2c3ccccc3C=CN2C(C)=O)cc1F. The van der Waals surface area contributed by atoms with Gasteiger partial charge in [0.1, 0.15) is 0 Å². The van der Waals surface area contributed by atoms with Gasteiger partial charge in [-0.3, -0.25) is 9.59 Å². The second kappa shape index (κ2) is 8.25. The summed E-state index contributed by atoms with van der Waals surface area (Å²) >= 11 is 0. The van der Waals surface area contributed by atoms with Crippen molar-refractivity contribution in [3.8, 4) is 5.75 Å². The van der Waals surface area contributed by atoms with Crippen molar-refractivity contribution in [2.45, 2.75) is 25.9 Å². The molecule has 2 aromatic rings. The number of amides is 2. The van der Waals surface area contributed by atoms with Crippen molar-refractivity contribution in [2.24, 2.45) is 0 Å². The third-order valence-electron chi connectivity index (χ3n) is 4.90. The van der Waals surface area contributed by atoms with Crippen molar-refractivity contribution in [3.05, 3.63) is 71.2 Å². The maximum absolute atomic E-state index is 13.9. The van der Waals surface area contributed by atoms with Crippen molar-refractivity contribution >= 4 is 17.9 Å². The van der Waals surface area contributed by atoms with Crippen molar-refractivity contribution in [1.82, 2.24) is 9.80 Å². The highest BCUT2D eigenvalue weighted by Crippen LogP contribution is 2.33. The molecular formula is C22H23FN2O3. The molecule has 3 rings (SSSR count). The molecule has 146 valence electrons. The zero-order valence-corrected chi connectivity index (χ0v) is 16.2. The average Bonchev–Trinajstić information content (AvgIpc) is 2.68. The number of carbonyl (C=O) groups is 2. The lowest BCUT2D eigenvalue weighted by Crippen LogP contribution is -2.35. The predicted molar refractivity (Wildman–Crippen MR) is 105 cm³/mol. The summed E-state index contributed by atoms with van der Waals surface area (Å²) in [7, 11) is 3.08. The van der Waals surface area contributed by atoms with Gasteiger partial charge in [-0.15, -0.1) is 0 Å². The summed E-state index contributed by atoms with van der Waals surface area (Å²) in [5.74, 6) is -0.545. The van der Waals surface area contributed by atoms with Gasteiger partial charge in [0.15, 0.2) is 11.6 Å². The molecule has 28 heavy (non-hydrogen) atoms. The average molecular weight is 382 g/mol. The minimum absolute atomic E-state index is 0.122. The van der Waals surface area contributed by atoms with Gasteiger partial charge < -0.3 is 14.5 Å². The molecule has 2 aromatic carbocycles. The van der Waals surface area contributed by atoms with E-state index in [1.54, 1.807) is 35.2 Å². The molecule has 0 aromatic heterocycles. The zero-order chi connectivity index (χ0) is 20.3. The number of benzene rings is 2. The molecule has 5 nitrogen and oxygen atoms in total. The summed E-state index contributed by atoms with van der Waals surface area (Å²) in [5.41, 5.74) is 2.61. The molecule has 0 saturated heterocycles. The molecule has 0 fully saturated rings. The largest absolute Gasteiger partial charge is 0.494 e. The van der Waals surface area contributed by atoms with Gasteiger partial charge in [-0.1, -0.05) is 30.3 Å². The first-order chi connectivity index (χ1) is 13.4. The Labute approximate surface area is 164 Å². The van der Waals surface area contributed by atoms with E-state index in [1.165, 1.54) is 20.1 Å². The first-order valence-electron chi connectivity index (χ1n) is 9.03. The fourth-order valence-corrected chi connectivity index (χ4v) is 3.40. The van der Waals surface area contributed by atoms with Crippen LogP contribution >= 0.6 is 0 Å². The van der Waals surface area contributed by atoms with Crippen LogP contribution in [0.15, 0.2) is 48.7 Å². The molecule has 1 aliphatic rings. The Morgan fingerprint density at radius 2 is 1.96 bits per heavy atom. The zero-order valence-electron chi connectivity index (χ0n) is 16.2. The first kappa shape index (κ1) is 19.6. The number of methoxy groups -OCH3 is 1. The number of carbonyl (C=O) groups excluding carboxylic acids is 2. The second-order valence-corrected chi connectivity index (χ2v) is 6.81. The summed E-state index contributed by atoms with van der Waals surface area (Å²) < 4.78 is 18.8. The van der Waals surface area contributed by atoms with E-state index >= 15 is 0 Å². The molecule has 0 spiro atoms. The molecule has 0 saturated carbocycles. The van der Waals surface area contributed by atoms with Gasteiger partial charge in [-0.25, -0.2) is 4.39 Å². The van der Waals surface area contributed by atoms with Crippen LogP contribution in [-0.2, 0) is 16.1 Å². The van der Waals surface area contributed by atoms with E-state index in [9.17, 15) is 14.0 Å². The van der Waals surface area contributed by atoms with Crippen LogP contribution in [0.1, 0.15) is 36.1 Å². The maximum atomic E-state index is 13.9. The summed E-state index contributed by atoms with van der Waals surface area (Å²) in [6.45, 7) is 1.75. The molecule has 0 unspecified atom stereocenters. The Balaban J connectivity index is 1.75. The summed E-state index contributed by atoms with van der Waals surface area (Å²) in [5, 5.41) is 0. The van der Waals surface area contributed by atoms with E-state index in [-0.39, 0.29) is 36.6 Å². The second-order valence-electron chi connectivity index (χ2n) is 6.81. The molecule has 0 aliphatic carbocycles. The number of halogens is 1. The third kappa shape index (κ3) is 4.06. The number of hydrogen-bond donors (Lipinski definition) is 0. The van der Waals surface area contributed by atoms with E-state index < -0.39 is 5.82 Å². The van der Waals surface area contributed by atoms with Crippen LogP contribution in [0, 0.1) is 5.82 Å². The van der Waals surface area contributed by atoms with Gasteiger partial charge in [0.25, 0.3) is 0 Å². The third-order valence-corrected chi connectivity index (χ3v) is 4.90. The molecule has 0 N–H and O–H groups in total. The number of nitrogens with zero attached hydrogens (tertiary/aromatic N) is 2. The Morgan fingerprint density at radius 1 is 1.21 bits per heavy atom. The Morgan fingerprint density at radius 3 is 2.64 bits per heavy atom. The smallest absolute Gasteiger partial charge is 0.225 e. The lowest BCUT2D eigenvalue weighted by atomic mass is 9.93. The topological polar surface area (TPSA) is 49.9 Å². The maximum Gasteiger partial charge on any atom is 0.225 e. The van der Waals surface area contributed by atoms with E-state index in [1.807, 2.05) is 30.3 Å². The Bertz CT molecular complexity index is 926. The standard InChI is InChI=1S/C22H23FN2O3/c1-15(26)25-11-10-17-6-4-5-7-18(17)20(25)13-22(27)24(2)14-16-8-9-21(28-3)19(23)12-16/h4-12,20H,13-14H2,1-3H3/t20-/m0/s1. The lowest BCUT2D eigenvalue weighted by molar-refractivity contribution is -0.134. The van der Waals surface area contributed by atoms with Gasteiger partial charge in [0.2, 0.25) is 11.8 Å². The molecular weight excluding hydrogens is 359 g/mol. The number of hydrogen-bond acceptors (Lipinski definition) is 3. The van der Waals surface area contributed by atoms with Crippen molar-refractivity contribution in [2.75, 3.05) is 14.2 Å². The van der Waals surface area contributed by atoms with Crippen LogP contribution in [0.2, 0.25) is 0 Å². The molecule has 2 amide bonds. The van der Waals surface area contributed by atoms with Crippen LogP contribution in [0.3, 0.4) is 0 Å². The number of rotatable bonds is 5. The van der Waals surface area contributed by atoms with Crippen LogP contribution in [-0.4, -0.2) is 35.8 Å². The summed E-state index contributed by atoms with van der Waals surface area (Å²) in [6.07, 6.45) is 3.75. The molecule has 1 aliphatic heterocycles. The Kier molecular flexibility index (Phi) is 5.78. The fraction of sp³-hybridized carbons (Fsp3) is 0.273. The predicted octanol–water partition coefficient (Wildman–Crippen LogP) is 3.76. The van der Waals surface area contributed by atoms with Gasteiger partial charge in [0, 0.05) is 26.7 Å². The van der Waals surface area contributed by atoms with Crippen LogP contribution in [0.4, 0.5) is 4.39 Å². The highest BCUT2D eigenvalue weighted by molar-refractivity contribution is 5.81.